The average molecular weight is 376 g/mol. The highest BCUT2D eigenvalue weighted by Crippen LogP contribution is 2.34. The van der Waals surface area contributed by atoms with Crippen LogP contribution in [-0.2, 0) is 9.59 Å². The number of nitrogens with zero attached hydrogens (tertiary/aromatic N) is 2. The van der Waals surface area contributed by atoms with Crippen LogP contribution < -0.4 is 10.7 Å². The molecule has 7 nitrogen and oxygen atoms in total. The number of rotatable bonds is 4. The maximum atomic E-state index is 12.7. The highest BCUT2D eigenvalue weighted by atomic mass is 32.1. The van der Waals surface area contributed by atoms with Crippen molar-refractivity contribution in [1.82, 2.24) is 20.7 Å². The Labute approximate surface area is 156 Å². The normalized spacial score (nSPS) is 25.7. The van der Waals surface area contributed by atoms with Gasteiger partial charge in [-0.3, -0.25) is 19.9 Å². The van der Waals surface area contributed by atoms with E-state index < -0.39 is 11.6 Å². The highest BCUT2D eigenvalue weighted by molar-refractivity contribution is 7.07. The van der Waals surface area contributed by atoms with Crippen molar-refractivity contribution in [3.05, 3.63) is 22.4 Å². The Hall–Kier alpha value is -1.93. The fourth-order valence-electron chi connectivity index (χ4n) is 4.42. The second-order valence-corrected chi connectivity index (χ2v) is 8.21. The first kappa shape index (κ1) is 17.5. The van der Waals surface area contributed by atoms with Gasteiger partial charge in [0.2, 0.25) is 0 Å². The molecule has 2 N–H and O–H groups in total. The van der Waals surface area contributed by atoms with Crippen LogP contribution in [0.5, 0.6) is 0 Å². The van der Waals surface area contributed by atoms with Crippen LogP contribution in [0.15, 0.2) is 16.8 Å². The van der Waals surface area contributed by atoms with E-state index in [4.69, 9.17) is 0 Å². The molecule has 1 aliphatic carbocycles. The molecule has 3 fully saturated rings. The summed E-state index contributed by atoms with van der Waals surface area (Å²) in [7, 11) is 0. The zero-order chi connectivity index (χ0) is 18.1. The topological polar surface area (TPSA) is 81.8 Å². The number of hydrazine groups is 1. The summed E-state index contributed by atoms with van der Waals surface area (Å²) in [6, 6.07) is 1.82. The van der Waals surface area contributed by atoms with E-state index in [9.17, 15) is 14.4 Å². The van der Waals surface area contributed by atoms with Gasteiger partial charge in [-0.15, -0.1) is 0 Å². The summed E-state index contributed by atoms with van der Waals surface area (Å²) in [5.41, 5.74) is 2.96. The van der Waals surface area contributed by atoms with Crippen LogP contribution >= 0.6 is 11.3 Å². The van der Waals surface area contributed by atoms with Gasteiger partial charge in [-0.05, 0) is 54.6 Å². The molecule has 4 rings (SSSR count). The molecule has 26 heavy (non-hydrogen) atoms. The van der Waals surface area contributed by atoms with Crippen LogP contribution in [0.1, 0.15) is 56.6 Å². The summed E-state index contributed by atoms with van der Waals surface area (Å²) in [6.45, 7) is 1.03. The van der Waals surface area contributed by atoms with Crippen LogP contribution in [0.25, 0.3) is 0 Å². The minimum absolute atomic E-state index is 0.185. The Bertz CT molecular complexity index is 699. The third kappa shape index (κ3) is 3.12. The molecule has 3 heterocycles. The maximum Gasteiger partial charge on any atom is 0.344 e. The molecule has 1 unspecified atom stereocenters. The molecule has 2 aliphatic heterocycles. The Morgan fingerprint density at radius 1 is 1.27 bits per heavy atom. The first-order chi connectivity index (χ1) is 12.6. The fourth-order valence-corrected chi connectivity index (χ4v) is 5.13. The number of nitrogens with one attached hydrogen (secondary N) is 2. The van der Waals surface area contributed by atoms with E-state index in [0.29, 0.717) is 12.8 Å². The van der Waals surface area contributed by atoms with Crippen molar-refractivity contribution in [3.63, 3.8) is 0 Å². The van der Waals surface area contributed by atoms with Crippen molar-refractivity contribution in [3.8, 4) is 0 Å². The second kappa shape index (κ2) is 7.00. The largest absolute Gasteiger partial charge is 0.344 e. The molecule has 1 saturated carbocycles. The van der Waals surface area contributed by atoms with Crippen molar-refractivity contribution < 1.29 is 14.4 Å². The van der Waals surface area contributed by atoms with Crippen LogP contribution in [0, 0.1) is 0 Å². The van der Waals surface area contributed by atoms with Crippen molar-refractivity contribution in [1.29, 1.82) is 0 Å². The van der Waals surface area contributed by atoms with Crippen LogP contribution in [0.3, 0.4) is 0 Å². The van der Waals surface area contributed by atoms with Gasteiger partial charge in [0.15, 0.2) is 0 Å². The summed E-state index contributed by atoms with van der Waals surface area (Å²) in [4.78, 5) is 39.6. The van der Waals surface area contributed by atoms with E-state index in [-0.39, 0.29) is 24.4 Å². The van der Waals surface area contributed by atoms with Crippen LogP contribution in [0.2, 0.25) is 0 Å². The number of likely N-dealkylation sites (tertiary alicyclic amines) is 1. The van der Waals surface area contributed by atoms with E-state index >= 15 is 0 Å². The van der Waals surface area contributed by atoms with Gasteiger partial charge in [-0.2, -0.15) is 16.3 Å². The first-order valence-corrected chi connectivity index (χ1v) is 10.3. The van der Waals surface area contributed by atoms with E-state index in [1.807, 2.05) is 5.38 Å². The zero-order valence-corrected chi connectivity index (χ0v) is 15.5. The molecule has 1 aromatic rings. The lowest BCUT2D eigenvalue weighted by Crippen LogP contribution is -2.52. The van der Waals surface area contributed by atoms with Crippen molar-refractivity contribution in [2.24, 2.45) is 0 Å². The number of hydrogen-bond donors (Lipinski definition) is 2. The monoisotopic (exact) mass is 376 g/mol. The highest BCUT2D eigenvalue weighted by Gasteiger charge is 2.52. The first-order valence-electron chi connectivity index (χ1n) is 9.31. The van der Waals surface area contributed by atoms with Gasteiger partial charge in [0, 0.05) is 6.04 Å². The quantitative estimate of drug-likeness (QED) is 0.789. The second-order valence-electron chi connectivity index (χ2n) is 7.43. The standard InChI is InChI=1S/C18H24N4O3S/c23-15(11-21-9-4-5-14(21)13-6-10-26-12-13)20-22-16(24)18(19-17(22)25)7-2-1-3-8-18/h6,10,12,14H,1-5,7-9,11H2,(H,19,25)(H,20,23). The van der Waals surface area contributed by atoms with Crippen molar-refractivity contribution in [2.45, 2.75) is 56.5 Å². The minimum Gasteiger partial charge on any atom is -0.322 e. The van der Waals surface area contributed by atoms with Gasteiger partial charge >= 0.3 is 6.03 Å². The number of amides is 4. The van der Waals surface area contributed by atoms with E-state index in [0.717, 1.165) is 43.7 Å². The third-order valence-corrected chi connectivity index (χ3v) is 6.45. The van der Waals surface area contributed by atoms with Crippen molar-refractivity contribution >= 4 is 29.2 Å². The molecule has 0 bridgehead atoms. The molecule has 4 amide bonds. The van der Waals surface area contributed by atoms with E-state index in [2.05, 4.69) is 27.1 Å². The number of carbonyl (C=O) groups is 3. The molecule has 1 spiro atoms. The Morgan fingerprint density at radius 2 is 2.08 bits per heavy atom. The molecular weight excluding hydrogens is 352 g/mol. The molecule has 0 aromatic carbocycles. The fraction of sp³-hybridized carbons (Fsp3) is 0.611. The molecule has 0 radical (unpaired) electrons. The van der Waals surface area contributed by atoms with Crippen LogP contribution in [-0.4, -0.2) is 46.4 Å². The van der Waals surface area contributed by atoms with Crippen molar-refractivity contribution in [2.75, 3.05) is 13.1 Å². The molecule has 1 atom stereocenters. The summed E-state index contributed by atoms with van der Waals surface area (Å²) >= 11 is 1.65. The molecular formula is C18H24N4O3S. The number of carbonyl (C=O) groups excluding carboxylic acids is 3. The number of urea groups is 1. The smallest absolute Gasteiger partial charge is 0.322 e. The molecule has 8 heteroatoms. The molecule has 1 aromatic heterocycles. The van der Waals surface area contributed by atoms with E-state index in [1.54, 1.807) is 11.3 Å². The summed E-state index contributed by atoms with van der Waals surface area (Å²) in [6.07, 6.45) is 6.28. The minimum atomic E-state index is -0.810. The van der Waals surface area contributed by atoms with E-state index in [1.165, 1.54) is 5.56 Å². The van der Waals surface area contributed by atoms with Gasteiger partial charge < -0.3 is 5.32 Å². The molecule has 140 valence electrons. The maximum absolute atomic E-state index is 12.7. The third-order valence-electron chi connectivity index (χ3n) is 5.74. The predicted molar refractivity (Wildman–Crippen MR) is 97.2 cm³/mol. The van der Waals surface area contributed by atoms with Gasteiger partial charge in [0.05, 0.1) is 6.54 Å². The van der Waals surface area contributed by atoms with Gasteiger partial charge in [-0.1, -0.05) is 19.3 Å². The summed E-state index contributed by atoms with van der Waals surface area (Å²) < 4.78 is 0. The number of imide groups is 1. The number of thiophene rings is 1. The Morgan fingerprint density at radius 3 is 2.81 bits per heavy atom. The Kier molecular flexibility index (Phi) is 4.71. The lowest BCUT2D eigenvalue weighted by atomic mass is 9.82. The zero-order valence-electron chi connectivity index (χ0n) is 14.7. The van der Waals surface area contributed by atoms with Crippen LogP contribution in [0.4, 0.5) is 4.79 Å². The average Bonchev–Trinajstić information content (AvgIpc) is 3.34. The Balaban J connectivity index is 1.39. The molecule has 3 aliphatic rings. The van der Waals surface area contributed by atoms with Gasteiger partial charge in [0.1, 0.15) is 5.54 Å². The molecule has 2 saturated heterocycles. The lowest BCUT2D eigenvalue weighted by molar-refractivity contribution is -0.140. The van der Waals surface area contributed by atoms with Gasteiger partial charge in [-0.25, -0.2) is 4.79 Å². The van der Waals surface area contributed by atoms with Gasteiger partial charge in [0.25, 0.3) is 11.8 Å². The summed E-state index contributed by atoms with van der Waals surface area (Å²) in [5.74, 6) is -0.630. The summed E-state index contributed by atoms with van der Waals surface area (Å²) in [5, 5.41) is 7.86. The number of hydrogen-bond acceptors (Lipinski definition) is 5. The lowest BCUT2D eigenvalue weighted by Gasteiger charge is -2.30. The SMILES string of the molecule is O=C(CN1CCCC1c1ccsc1)NN1C(=O)NC2(CCCCC2)C1=O. The predicted octanol–water partition coefficient (Wildman–Crippen LogP) is 2.17.